The topological polar surface area (TPSA) is 56.6 Å². The van der Waals surface area contributed by atoms with Crippen molar-refractivity contribution in [3.8, 4) is 0 Å². The maximum Gasteiger partial charge on any atom is 0.0931 e. The van der Waals surface area contributed by atoms with E-state index < -0.39 is 6.10 Å². The molecular formula is C14H20N2O2. The predicted molar refractivity (Wildman–Crippen MR) is 69.4 cm³/mol. The van der Waals surface area contributed by atoms with Gasteiger partial charge < -0.3 is 15.1 Å². The molecule has 4 heteroatoms. The van der Waals surface area contributed by atoms with Crippen molar-refractivity contribution in [2.24, 2.45) is 0 Å². The van der Waals surface area contributed by atoms with Crippen LogP contribution in [0.15, 0.2) is 18.3 Å². The molecule has 2 aliphatic rings. The number of hydrogen-bond donors (Lipinski definition) is 2. The van der Waals surface area contributed by atoms with Gasteiger partial charge in [-0.15, -0.1) is 0 Å². The molecule has 0 amide bonds. The van der Waals surface area contributed by atoms with Crippen LogP contribution >= 0.6 is 0 Å². The van der Waals surface area contributed by atoms with Crippen molar-refractivity contribution >= 4 is 5.69 Å². The standard InChI is InChI=1S/C14H20N2O2/c1-9(17)14-5-4-12(8-15-14)16-10-2-3-11(16)7-13(18)6-10/h4-5,8-11,13,17-18H,2-3,6-7H2,1H3. The molecule has 0 radical (unpaired) electrons. The molecule has 2 fully saturated rings. The number of aliphatic hydroxyl groups excluding tert-OH is 2. The highest BCUT2D eigenvalue weighted by Crippen LogP contribution is 2.39. The van der Waals surface area contributed by atoms with Gasteiger partial charge in [-0.25, -0.2) is 0 Å². The summed E-state index contributed by atoms with van der Waals surface area (Å²) in [5, 5.41) is 19.3. The third-order valence-electron chi connectivity index (χ3n) is 4.21. The van der Waals surface area contributed by atoms with Crippen molar-refractivity contribution in [2.45, 2.75) is 56.9 Å². The zero-order chi connectivity index (χ0) is 12.7. The van der Waals surface area contributed by atoms with Crippen LogP contribution in [0, 0.1) is 0 Å². The number of aromatic nitrogens is 1. The molecule has 2 N–H and O–H groups in total. The fourth-order valence-electron chi connectivity index (χ4n) is 3.37. The van der Waals surface area contributed by atoms with Gasteiger partial charge in [-0.2, -0.15) is 0 Å². The lowest BCUT2D eigenvalue weighted by molar-refractivity contribution is 0.126. The van der Waals surface area contributed by atoms with E-state index in [4.69, 9.17) is 0 Å². The first-order valence-corrected chi connectivity index (χ1v) is 6.75. The van der Waals surface area contributed by atoms with Crippen LogP contribution in [0.25, 0.3) is 0 Å². The van der Waals surface area contributed by atoms with E-state index in [1.54, 1.807) is 6.92 Å². The van der Waals surface area contributed by atoms with Crippen molar-refractivity contribution < 1.29 is 10.2 Å². The third-order valence-corrected chi connectivity index (χ3v) is 4.21. The molecule has 3 unspecified atom stereocenters. The molecule has 3 heterocycles. The molecule has 18 heavy (non-hydrogen) atoms. The highest BCUT2D eigenvalue weighted by molar-refractivity contribution is 5.49. The Kier molecular flexibility index (Phi) is 2.99. The van der Waals surface area contributed by atoms with Crippen LogP contribution in [0.5, 0.6) is 0 Å². The van der Waals surface area contributed by atoms with Gasteiger partial charge in [-0.3, -0.25) is 4.98 Å². The molecule has 98 valence electrons. The zero-order valence-corrected chi connectivity index (χ0v) is 10.7. The first-order valence-electron chi connectivity index (χ1n) is 6.75. The minimum Gasteiger partial charge on any atom is -0.393 e. The summed E-state index contributed by atoms with van der Waals surface area (Å²) in [6, 6.07) is 4.85. The van der Waals surface area contributed by atoms with Gasteiger partial charge in [0.1, 0.15) is 0 Å². The smallest absolute Gasteiger partial charge is 0.0931 e. The van der Waals surface area contributed by atoms with Crippen LogP contribution in [-0.2, 0) is 0 Å². The Balaban J connectivity index is 1.83. The summed E-state index contributed by atoms with van der Waals surface area (Å²) in [7, 11) is 0. The van der Waals surface area contributed by atoms with Crippen LogP contribution in [0.3, 0.4) is 0 Å². The molecule has 2 aliphatic heterocycles. The van der Waals surface area contributed by atoms with Gasteiger partial charge in [0.2, 0.25) is 0 Å². The van der Waals surface area contributed by atoms with Gasteiger partial charge in [0.25, 0.3) is 0 Å². The van der Waals surface area contributed by atoms with E-state index in [2.05, 4.69) is 9.88 Å². The average molecular weight is 248 g/mol. The predicted octanol–water partition coefficient (Wildman–Crippen LogP) is 1.63. The Morgan fingerprint density at radius 3 is 2.44 bits per heavy atom. The summed E-state index contributed by atoms with van der Waals surface area (Å²) in [6.45, 7) is 1.73. The zero-order valence-electron chi connectivity index (χ0n) is 10.7. The van der Waals surface area contributed by atoms with Crippen LogP contribution in [-0.4, -0.2) is 33.4 Å². The summed E-state index contributed by atoms with van der Waals surface area (Å²) in [6.07, 6.45) is 5.27. The number of fused-ring (bicyclic) bond motifs is 2. The van der Waals surface area contributed by atoms with E-state index in [1.807, 2.05) is 18.3 Å². The lowest BCUT2D eigenvalue weighted by Gasteiger charge is -2.38. The number of rotatable bonds is 2. The number of pyridine rings is 1. The van der Waals surface area contributed by atoms with Crippen molar-refractivity contribution in [2.75, 3.05) is 4.90 Å². The Morgan fingerprint density at radius 2 is 1.94 bits per heavy atom. The fourth-order valence-corrected chi connectivity index (χ4v) is 3.37. The van der Waals surface area contributed by atoms with E-state index >= 15 is 0 Å². The maximum absolute atomic E-state index is 9.80. The second-order valence-electron chi connectivity index (χ2n) is 5.53. The number of piperidine rings is 1. The maximum atomic E-state index is 9.80. The molecule has 0 aromatic carbocycles. The van der Waals surface area contributed by atoms with E-state index in [1.165, 1.54) is 12.8 Å². The monoisotopic (exact) mass is 248 g/mol. The normalized spacial score (nSPS) is 32.6. The van der Waals surface area contributed by atoms with Crippen LogP contribution < -0.4 is 4.90 Å². The Morgan fingerprint density at radius 1 is 1.28 bits per heavy atom. The number of anilines is 1. The molecule has 0 spiro atoms. The minimum absolute atomic E-state index is 0.136. The Labute approximate surface area is 107 Å². The van der Waals surface area contributed by atoms with Gasteiger partial charge in [0.15, 0.2) is 0 Å². The van der Waals surface area contributed by atoms with Crippen molar-refractivity contribution in [3.63, 3.8) is 0 Å². The van der Waals surface area contributed by atoms with Gasteiger partial charge in [0, 0.05) is 12.1 Å². The van der Waals surface area contributed by atoms with Crippen molar-refractivity contribution in [1.29, 1.82) is 0 Å². The quantitative estimate of drug-likeness (QED) is 0.835. The largest absolute Gasteiger partial charge is 0.393 e. The number of hydrogen-bond acceptors (Lipinski definition) is 4. The average Bonchev–Trinajstić information content (AvgIpc) is 2.62. The van der Waals surface area contributed by atoms with E-state index in [0.29, 0.717) is 17.8 Å². The van der Waals surface area contributed by atoms with Crippen molar-refractivity contribution in [1.82, 2.24) is 4.98 Å². The molecule has 1 aromatic rings. The summed E-state index contributed by atoms with van der Waals surface area (Å²) >= 11 is 0. The van der Waals surface area contributed by atoms with E-state index in [-0.39, 0.29) is 6.10 Å². The van der Waals surface area contributed by atoms with Gasteiger partial charge >= 0.3 is 0 Å². The third kappa shape index (κ3) is 1.99. The molecule has 0 saturated carbocycles. The lowest BCUT2D eigenvalue weighted by atomic mass is 9.99. The number of aliphatic hydroxyl groups is 2. The molecule has 0 aliphatic carbocycles. The van der Waals surface area contributed by atoms with Gasteiger partial charge in [-0.05, 0) is 44.7 Å². The van der Waals surface area contributed by atoms with Crippen molar-refractivity contribution in [3.05, 3.63) is 24.0 Å². The second kappa shape index (κ2) is 4.52. The lowest BCUT2D eigenvalue weighted by Crippen LogP contribution is -2.44. The molecule has 4 nitrogen and oxygen atoms in total. The summed E-state index contributed by atoms with van der Waals surface area (Å²) < 4.78 is 0. The highest BCUT2D eigenvalue weighted by Gasteiger charge is 2.40. The molecule has 3 rings (SSSR count). The second-order valence-corrected chi connectivity index (χ2v) is 5.53. The molecular weight excluding hydrogens is 228 g/mol. The van der Waals surface area contributed by atoms with Crippen LogP contribution in [0.4, 0.5) is 5.69 Å². The highest BCUT2D eigenvalue weighted by atomic mass is 16.3. The van der Waals surface area contributed by atoms with Crippen LogP contribution in [0.1, 0.15) is 44.4 Å². The first-order chi connectivity index (χ1) is 8.65. The first kappa shape index (κ1) is 11.9. The minimum atomic E-state index is -0.515. The van der Waals surface area contributed by atoms with Gasteiger partial charge in [0.05, 0.1) is 29.8 Å². The Bertz CT molecular complexity index is 404. The van der Waals surface area contributed by atoms with Gasteiger partial charge in [-0.1, -0.05) is 0 Å². The fraction of sp³-hybridized carbons (Fsp3) is 0.643. The molecule has 3 atom stereocenters. The summed E-state index contributed by atoms with van der Waals surface area (Å²) in [5.41, 5.74) is 1.84. The van der Waals surface area contributed by atoms with E-state index in [0.717, 1.165) is 18.5 Å². The summed E-state index contributed by atoms with van der Waals surface area (Å²) in [5.74, 6) is 0. The van der Waals surface area contributed by atoms with E-state index in [9.17, 15) is 10.2 Å². The Hall–Kier alpha value is -1.13. The molecule has 2 bridgehead atoms. The summed E-state index contributed by atoms with van der Waals surface area (Å²) in [4.78, 5) is 6.72. The van der Waals surface area contributed by atoms with Crippen LogP contribution in [0.2, 0.25) is 0 Å². The number of nitrogens with zero attached hydrogens (tertiary/aromatic N) is 2. The molecule has 1 aromatic heterocycles. The SMILES string of the molecule is CC(O)c1ccc(N2C3CCC2CC(O)C3)cn1. The molecule has 2 saturated heterocycles.